The summed E-state index contributed by atoms with van der Waals surface area (Å²) in [6.45, 7) is -0.247. The Morgan fingerprint density at radius 1 is 0.710 bits per heavy atom. The highest BCUT2D eigenvalue weighted by atomic mass is 16.4. The summed E-state index contributed by atoms with van der Waals surface area (Å²) >= 11 is 0. The summed E-state index contributed by atoms with van der Waals surface area (Å²) in [5.41, 5.74) is 1.30. The minimum atomic E-state index is -1.12. The van der Waals surface area contributed by atoms with Crippen LogP contribution >= 0.6 is 0 Å². The van der Waals surface area contributed by atoms with Gasteiger partial charge in [0.1, 0.15) is 0 Å². The fourth-order valence-corrected chi connectivity index (χ4v) is 4.14. The van der Waals surface area contributed by atoms with Crippen LogP contribution in [0.5, 0.6) is 0 Å². The number of nitrogens with zero attached hydrogens (tertiary/aromatic N) is 2. The summed E-state index contributed by atoms with van der Waals surface area (Å²) in [4.78, 5) is 64.6. The fourth-order valence-electron chi connectivity index (χ4n) is 4.14. The second-order valence-corrected chi connectivity index (χ2v) is 7.26. The molecule has 2 aliphatic heterocycles. The van der Waals surface area contributed by atoms with Crippen molar-refractivity contribution in [1.82, 2.24) is 4.90 Å². The number of fused-ring (bicyclic) bond motifs is 1. The van der Waals surface area contributed by atoms with Gasteiger partial charge in [0.25, 0.3) is 23.6 Å². The third-order valence-electron chi connectivity index (χ3n) is 5.55. The van der Waals surface area contributed by atoms with E-state index >= 15 is 0 Å². The zero-order valence-corrected chi connectivity index (χ0v) is 16.0. The first-order valence-electron chi connectivity index (χ1n) is 9.51. The van der Waals surface area contributed by atoms with Gasteiger partial charge >= 0.3 is 5.97 Å². The molecule has 0 aromatic heterocycles. The molecule has 8 heteroatoms. The van der Waals surface area contributed by atoms with Crippen LogP contribution < -0.4 is 4.90 Å². The lowest BCUT2D eigenvalue weighted by Crippen LogP contribution is -2.41. The van der Waals surface area contributed by atoms with E-state index in [9.17, 15) is 24.0 Å². The van der Waals surface area contributed by atoms with E-state index in [1.165, 1.54) is 12.1 Å². The summed E-state index contributed by atoms with van der Waals surface area (Å²) < 4.78 is 0. The van der Waals surface area contributed by atoms with E-state index in [1.807, 2.05) is 0 Å². The second-order valence-electron chi connectivity index (χ2n) is 7.26. The van der Waals surface area contributed by atoms with Crippen LogP contribution in [0.15, 0.2) is 54.6 Å². The van der Waals surface area contributed by atoms with Gasteiger partial charge in [-0.05, 0) is 30.3 Å². The van der Waals surface area contributed by atoms with Crippen LogP contribution in [0, 0.1) is 0 Å². The Hall–Kier alpha value is -4.33. The number of imide groups is 2. The number of anilines is 1. The van der Waals surface area contributed by atoms with Crippen LogP contribution in [0.4, 0.5) is 5.69 Å². The SMILES string of the molecule is O=C(O)CCN1C(=O)c2cccc3c(N4C(=O)c5ccccc5C4=O)ccc(c23)C1=O. The van der Waals surface area contributed by atoms with Gasteiger partial charge in [-0.3, -0.25) is 28.9 Å². The van der Waals surface area contributed by atoms with Gasteiger partial charge in [-0.2, -0.15) is 0 Å². The van der Waals surface area contributed by atoms with Crippen molar-refractivity contribution in [3.8, 4) is 0 Å². The maximum Gasteiger partial charge on any atom is 0.305 e. The van der Waals surface area contributed by atoms with E-state index in [1.54, 1.807) is 42.5 Å². The number of benzene rings is 3. The third-order valence-corrected chi connectivity index (χ3v) is 5.55. The molecule has 0 radical (unpaired) electrons. The third kappa shape index (κ3) is 2.58. The van der Waals surface area contributed by atoms with E-state index in [0.717, 1.165) is 9.80 Å². The second kappa shape index (κ2) is 6.60. The van der Waals surface area contributed by atoms with Crippen LogP contribution in [0.3, 0.4) is 0 Å². The number of carboxylic acids is 1. The first kappa shape index (κ1) is 18.7. The van der Waals surface area contributed by atoms with Crippen molar-refractivity contribution < 1.29 is 29.1 Å². The Kier molecular flexibility index (Phi) is 3.97. The Balaban J connectivity index is 1.67. The number of aliphatic carboxylic acids is 1. The maximum absolute atomic E-state index is 12.9. The van der Waals surface area contributed by atoms with E-state index < -0.39 is 29.6 Å². The summed E-state index contributed by atoms with van der Waals surface area (Å²) in [6, 6.07) is 14.3. The smallest absolute Gasteiger partial charge is 0.305 e. The minimum Gasteiger partial charge on any atom is -0.481 e. The summed E-state index contributed by atoms with van der Waals surface area (Å²) in [7, 11) is 0. The van der Waals surface area contributed by atoms with Crippen LogP contribution in [-0.2, 0) is 4.79 Å². The monoisotopic (exact) mass is 414 g/mol. The van der Waals surface area contributed by atoms with Crippen LogP contribution in [0.1, 0.15) is 47.9 Å². The van der Waals surface area contributed by atoms with E-state index in [4.69, 9.17) is 5.11 Å². The zero-order valence-electron chi connectivity index (χ0n) is 16.0. The molecule has 0 atom stereocenters. The van der Waals surface area contributed by atoms with Gasteiger partial charge in [-0.15, -0.1) is 0 Å². The molecule has 0 saturated heterocycles. The molecule has 0 bridgehead atoms. The van der Waals surface area contributed by atoms with Crippen molar-refractivity contribution in [2.24, 2.45) is 0 Å². The molecule has 0 unspecified atom stereocenters. The molecule has 5 rings (SSSR count). The highest BCUT2D eigenvalue weighted by Crippen LogP contribution is 2.38. The van der Waals surface area contributed by atoms with E-state index in [2.05, 4.69) is 0 Å². The molecule has 2 aliphatic rings. The van der Waals surface area contributed by atoms with Crippen LogP contribution in [0.2, 0.25) is 0 Å². The molecule has 2 heterocycles. The van der Waals surface area contributed by atoms with E-state index in [-0.39, 0.29) is 29.8 Å². The Morgan fingerprint density at radius 3 is 1.90 bits per heavy atom. The molecule has 0 spiro atoms. The summed E-state index contributed by atoms with van der Waals surface area (Å²) in [5.74, 6) is -3.28. The topological polar surface area (TPSA) is 112 Å². The van der Waals surface area contributed by atoms with E-state index in [0.29, 0.717) is 21.9 Å². The van der Waals surface area contributed by atoms with Gasteiger partial charge in [-0.25, -0.2) is 4.90 Å². The van der Waals surface area contributed by atoms with Gasteiger partial charge < -0.3 is 5.11 Å². The first-order chi connectivity index (χ1) is 14.9. The van der Waals surface area contributed by atoms with Gasteiger partial charge in [-0.1, -0.05) is 24.3 Å². The van der Waals surface area contributed by atoms with Gasteiger partial charge in [0.05, 0.1) is 23.2 Å². The summed E-state index contributed by atoms with van der Waals surface area (Å²) in [6.07, 6.45) is -0.365. The number of rotatable bonds is 4. The molecule has 3 aromatic carbocycles. The predicted molar refractivity (Wildman–Crippen MR) is 109 cm³/mol. The molecule has 1 N–H and O–H groups in total. The number of carbonyl (C=O) groups excluding carboxylic acids is 4. The predicted octanol–water partition coefficient (Wildman–Crippen LogP) is 2.71. The van der Waals surface area contributed by atoms with Crippen LogP contribution in [0.25, 0.3) is 10.8 Å². The molecule has 0 fully saturated rings. The van der Waals surface area contributed by atoms with Crippen molar-refractivity contribution in [3.63, 3.8) is 0 Å². The lowest BCUT2D eigenvalue weighted by atomic mass is 9.92. The standard InChI is InChI=1S/C23H14N2O6/c26-18(27)10-11-24-20(28)15-7-3-6-14-17(9-8-16(19(14)15)21(24)29)25-22(30)12-4-1-2-5-13(12)23(25)31/h1-9H,10-11H2,(H,26,27). The Bertz CT molecular complexity index is 1300. The highest BCUT2D eigenvalue weighted by Gasteiger charge is 2.39. The molecule has 4 amide bonds. The van der Waals surface area contributed by atoms with Crippen LogP contribution in [-0.4, -0.2) is 46.1 Å². The molecular formula is C23H14N2O6. The van der Waals surface area contributed by atoms with Gasteiger partial charge in [0, 0.05) is 28.4 Å². The molecule has 8 nitrogen and oxygen atoms in total. The summed E-state index contributed by atoms with van der Waals surface area (Å²) in [5, 5.41) is 9.69. The van der Waals surface area contributed by atoms with Gasteiger partial charge in [0.15, 0.2) is 0 Å². The number of hydrogen-bond acceptors (Lipinski definition) is 5. The fraction of sp³-hybridized carbons (Fsp3) is 0.0870. The molecular weight excluding hydrogens is 400 g/mol. The largest absolute Gasteiger partial charge is 0.481 e. The lowest BCUT2D eigenvalue weighted by molar-refractivity contribution is -0.137. The Morgan fingerprint density at radius 2 is 1.29 bits per heavy atom. The van der Waals surface area contributed by atoms with Crippen molar-refractivity contribution in [2.75, 3.05) is 11.4 Å². The maximum atomic E-state index is 12.9. The highest BCUT2D eigenvalue weighted by molar-refractivity contribution is 6.37. The molecule has 3 aromatic rings. The average molecular weight is 414 g/mol. The number of carbonyl (C=O) groups is 5. The quantitative estimate of drug-likeness (QED) is 0.657. The zero-order chi connectivity index (χ0) is 21.9. The molecule has 0 saturated carbocycles. The number of carboxylic acid groups (broad SMARTS) is 1. The normalized spacial score (nSPS) is 15.1. The van der Waals surface area contributed by atoms with Gasteiger partial charge in [0.2, 0.25) is 0 Å². The lowest BCUT2D eigenvalue weighted by Gasteiger charge is -2.28. The van der Waals surface area contributed by atoms with Crippen molar-refractivity contribution in [3.05, 3.63) is 76.9 Å². The first-order valence-corrected chi connectivity index (χ1v) is 9.51. The molecule has 152 valence electrons. The molecule has 0 aliphatic carbocycles. The van der Waals surface area contributed by atoms with Crippen molar-refractivity contribution in [2.45, 2.75) is 6.42 Å². The number of amides is 4. The average Bonchev–Trinajstić information content (AvgIpc) is 3.02. The van der Waals surface area contributed by atoms with Crippen molar-refractivity contribution >= 4 is 46.1 Å². The Labute approximate surface area is 175 Å². The molecule has 31 heavy (non-hydrogen) atoms. The minimum absolute atomic E-state index is 0.218. The number of hydrogen-bond donors (Lipinski definition) is 1. The van der Waals surface area contributed by atoms with Crippen molar-refractivity contribution in [1.29, 1.82) is 0 Å².